The van der Waals surface area contributed by atoms with Crippen molar-refractivity contribution in [3.8, 4) is 0 Å². The van der Waals surface area contributed by atoms with Gasteiger partial charge in [-0.1, -0.05) is 13.3 Å². The zero-order valence-electron chi connectivity index (χ0n) is 10.2. The quantitative estimate of drug-likeness (QED) is 0.392. The van der Waals surface area contributed by atoms with E-state index in [4.69, 9.17) is 4.74 Å². The van der Waals surface area contributed by atoms with Crippen molar-refractivity contribution in [3.63, 3.8) is 0 Å². The number of aldehydes is 1. The van der Waals surface area contributed by atoms with Gasteiger partial charge in [-0.05, 0) is 12.8 Å². The summed E-state index contributed by atoms with van der Waals surface area (Å²) in [6.07, 6.45) is 1.92. The predicted octanol–water partition coefficient (Wildman–Crippen LogP) is 1.03. The number of carbonyl (C=O) groups is 3. The first-order chi connectivity index (χ1) is 8.13. The summed E-state index contributed by atoms with van der Waals surface area (Å²) in [4.78, 5) is 32.7. The number of ether oxygens (including phenoxy) is 2. The van der Waals surface area contributed by atoms with Crippen LogP contribution in [-0.2, 0) is 19.1 Å². The van der Waals surface area contributed by atoms with Crippen molar-refractivity contribution in [2.45, 2.75) is 38.6 Å². The topological polar surface area (TPSA) is 81.7 Å². The second kappa shape index (κ2) is 9.62. The van der Waals surface area contributed by atoms with Crippen LogP contribution in [0.1, 0.15) is 32.6 Å². The van der Waals surface area contributed by atoms with Crippen molar-refractivity contribution in [1.82, 2.24) is 5.32 Å². The number of hydrogen-bond donors (Lipinski definition) is 1. The average Bonchev–Trinajstić information content (AvgIpc) is 2.34. The average molecular weight is 245 g/mol. The Balaban J connectivity index is 3.83. The second-order valence-corrected chi connectivity index (χ2v) is 3.49. The number of rotatable bonds is 8. The van der Waals surface area contributed by atoms with E-state index < -0.39 is 18.1 Å². The predicted molar refractivity (Wildman–Crippen MR) is 60.5 cm³/mol. The maximum Gasteiger partial charge on any atom is 0.407 e. The molecule has 0 unspecified atom stereocenters. The Morgan fingerprint density at radius 2 is 2.12 bits per heavy atom. The second-order valence-electron chi connectivity index (χ2n) is 3.49. The Morgan fingerprint density at radius 3 is 2.65 bits per heavy atom. The van der Waals surface area contributed by atoms with Crippen LogP contribution in [0.25, 0.3) is 0 Å². The Labute approximate surface area is 101 Å². The molecule has 0 aliphatic rings. The molecule has 0 aliphatic carbocycles. The molecule has 1 amide bonds. The maximum atomic E-state index is 11.2. The van der Waals surface area contributed by atoms with Crippen LogP contribution in [0.2, 0.25) is 0 Å². The standard InChI is InChI=1S/C11H19NO5/c1-3-4-7-17-11(15)12-9(8-13)5-6-10(14)16-2/h8-9H,3-7H2,1-2H3,(H,12,15)/t9-/m0/s1. The molecule has 98 valence electrons. The Morgan fingerprint density at radius 1 is 1.41 bits per heavy atom. The molecule has 0 fully saturated rings. The summed E-state index contributed by atoms with van der Waals surface area (Å²) in [5.41, 5.74) is 0. The fraction of sp³-hybridized carbons (Fsp3) is 0.727. The fourth-order valence-corrected chi connectivity index (χ4v) is 1.05. The van der Waals surface area contributed by atoms with E-state index in [9.17, 15) is 14.4 Å². The lowest BCUT2D eigenvalue weighted by Crippen LogP contribution is -2.37. The molecule has 6 nitrogen and oxygen atoms in total. The van der Waals surface area contributed by atoms with Gasteiger partial charge in [0.1, 0.15) is 6.29 Å². The number of hydrogen-bond acceptors (Lipinski definition) is 5. The molecule has 0 heterocycles. The van der Waals surface area contributed by atoms with Gasteiger partial charge in [0.25, 0.3) is 0 Å². The van der Waals surface area contributed by atoms with Crippen molar-refractivity contribution in [2.24, 2.45) is 0 Å². The van der Waals surface area contributed by atoms with Crippen molar-refractivity contribution < 1.29 is 23.9 Å². The largest absolute Gasteiger partial charge is 0.469 e. The van der Waals surface area contributed by atoms with Crippen molar-refractivity contribution in [3.05, 3.63) is 0 Å². The van der Waals surface area contributed by atoms with Crippen molar-refractivity contribution in [1.29, 1.82) is 0 Å². The maximum absolute atomic E-state index is 11.2. The summed E-state index contributed by atoms with van der Waals surface area (Å²) < 4.78 is 9.25. The summed E-state index contributed by atoms with van der Waals surface area (Å²) in [5, 5.41) is 2.37. The number of esters is 1. The highest BCUT2D eigenvalue weighted by molar-refractivity contribution is 5.74. The van der Waals surface area contributed by atoms with E-state index in [1.807, 2.05) is 6.92 Å². The number of methoxy groups -OCH3 is 1. The third-order valence-corrected chi connectivity index (χ3v) is 2.09. The third-order valence-electron chi connectivity index (χ3n) is 2.09. The lowest BCUT2D eigenvalue weighted by Gasteiger charge is -2.12. The summed E-state index contributed by atoms with van der Waals surface area (Å²) >= 11 is 0. The summed E-state index contributed by atoms with van der Waals surface area (Å²) in [7, 11) is 1.27. The van der Waals surface area contributed by atoms with E-state index in [0.717, 1.165) is 12.8 Å². The molecule has 0 spiro atoms. The monoisotopic (exact) mass is 245 g/mol. The lowest BCUT2D eigenvalue weighted by atomic mass is 10.2. The molecule has 0 aromatic carbocycles. The molecule has 17 heavy (non-hydrogen) atoms. The molecule has 0 rings (SSSR count). The van der Waals surface area contributed by atoms with Crippen LogP contribution < -0.4 is 5.32 Å². The molecule has 0 aromatic rings. The van der Waals surface area contributed by atoms with Gasteiger partial charge in [-0.15, -0.1) is 0 Å². The third kappa shape index (κ3) is 8.24. The minimum atomic E-state index is -0.719. The first-order valence-corrected chi connectivity index (χ1v) is 5.59. The van der Waals surface area contributed by atoms with Crippen LogP contribution >= 0.6 is 0 Å². The zero-order valence-corrected chi connectivity index (χ0v) is 10.2. The fourth-order valence-electron chi connectivity index (χ4n) is 1.05. The number of carbonyl (C=O) groups excluding carboxylic acids is 3. The SMILES string of the molecule is CCCCOC(=O)N[C@H](C=O)CCC(=O)OC. The molecular weight excluding hydrogens is 226 g/mol. The molecular formula is C11H19NO5. The van der Waals surface area contributed by atoms with Crippen LogP contribution in [0.5, 0.6) is 0 Å². The molecule has 1 N–H and O–H groups in total. The zero-order chi connectivity index (χ0) is 13.1. The number of amides is 1. The highest BCUT2D eigenvalue weighted by Crippen LogP contribution is 1.98. The Kier molecular flexibility index (Phi) is 8.72. The smallest absolute Gasteiger partial charge is 0.407 e. The summed E-state index contributed by atoms with van der Waals surface area (Å²) in [5.74, 6) is -0.419. The minimum Gasteiger partial charge on any atom is -0.469 e. The minimum absolute atomic E-state index is 0.0785. The van der Waals surface area contributed by atoms with Gasteiger partial charge in [0.05, 0.1) is 19.8 Å². The van der Waals surface area contributed by atoms with Gasteiger partial charge in [-0.3, -0.25) is 4.79 Å². The molecule has 0 saturated heterocycles. The van der Waals surface area contributed by atoms with E-state index in [2.05, 4.69) is 10.1 Å². The normalized spacial score (nSPS) is 11.4. The summed E-state index contributed by atoms with van der Waals surface area (Å²) in [6, 6.07) is -0.719. The molecule has 6 heteroatoms. The number of alkyl carbamates (subject to hydrolysis) is 1. The van der Waals surface area contributed by atoms with E-state index in [1.54, 1.807) is 0 Å². The number of unbranched alkanes of at least 4 members (excludes halogenated alkanes) is 1. The molecule has 1 atom stereocenters. The van der Waals surface area contributed by atoms with Gasteiger partial charge in [0.15, 0.2) is 0 Å². The highest BCUT2D eigenvalue weighted by Gasteiger charge is 2.14. The van der Waals surface area contributed by atoms with Crippen LogP contribution in [0.15, 0.2) is 0 Å². The van der Waals surface area contributed by atoms with Gasteiger partial charge in [0.2, 0.25) is 0 Å². The van der Waals surface area contributed by atoms with Gasteiger partial charge in [-0.25, -0.2) is 4.79 Å². The Bertz CT molecular complexity index is 254. The first kappa shape index (κ1) is 15.4. The van der Waals surface area contributed by atoms with Gasteiger partial charge in [-0.2, -0.15) is 0 Å². The van der Waals surface area contributed by atoms with Crippen LogP contribution in [0.3, 0.4) is 0 Å². The van der Waals surface area contributed by atoms with Crippen molar-refractivity contribution >= 4 is 18.3 Å². The summed E-state index contributed by atoms with van der Waals surface area (Å²) in [6.45, 7) is 2.30. The lowest BCUT2D eigenvalue weighted by molar-refractivity contribution is -0.140. The highest BCUT2D eigenvalue weighted by atomic mass is 16.5. The van der Waals surface area contributed by atoms with Crippen LogP contribution in [-0.4, -0.2) is 38.1 Å². The van der Waals surface area contributed by atoms with E-state index in [-0.39, 0.29) is 12.8 Å². The molecule has 0 radical (unpaired) electrons. The van der Waals surface area contributed by atoms with Gasteiger partial charge < -0.3 is 19.6 Å². The number of nitrogens with one attached hydrogen (secondary N) is 1. The van der Waals surface area contributed by atoms with Crippen molar-refractivity contribution in [2.75, 3.05) is 13.7 Å². The molecule has 0 bridgehead atoms. The van der Waals surface area contributed by atoms with Gasteiger partial charge in [0, 0.05) is 6.42 Å². The first-order valence-electron chi connectivity index (χ1n) is 5.59. The van der Waals surface area contributed by atoms with E-state index in [1.165, 1.54) is 7.11 Å². The molecule has 0 saturated carbocycles. The van der Waals surface area contributed by atoms with Crippen LogP contribution in [0, 0.1) is 0 Å². The van der Waals surface area contributed by atoms with Gasteiger partial charge >= 0.3 is 12.1 Å². The molecule has 0 aromatic heterocycles. The van der Waals surface area contributed by atoms with Crippen LogP contribution in [0.4, 0.5) is 4.79 Å². The van der Waals surface area contributed by atoms with E-state index >= 15 is 0 Å². The molecule has 0 aliphatic heterocycles. The Hall–Kier alpha value is -1.59. The van der Waals surface area contributed by atoms with E-state index in [0.29, 0.717) is 12.9 Å².